The predicted octanol–water partition coefficient (Wildman–Crippen LogP) is 1.82. The lowest BCUT2D eigenvalue weighted by Gasteiger charge is -2.11. The van der Waals surface area contributed by atoms with Gasteiger partial charge in [-0.1, -0.05) is 6.07 Å². The highest BCUT2D eigenvalue weighted by molar-refractivity contribution is 6.00. The summed E-state index contributed by atoms with van der Waals surface area (Å²) in [6.45, 7) is 1.72. The van der Waals surface area contributed by atoms with Gasteiger partial charge in [-0.25, -0.2) is 8.78 Å². The number of ether oxygens (including phenoxy) is 1. The summed E-state index contributed by atoms with van der Waals surface area (Å²) >= 11 is 0. The molecule has 0 aliphatic heterocycles. The molecule has 0 spiro atoms. The molecule has 0 amide bonds. The molecule has 0 aromatic heterocycles. The molecule has 0 fully saturated rings. The molecule has 0 bridgehead atoms. The molecule has 1 rings (SSSR count). The van der Waals surface area contributed by atoms with Crippen molar-refractivity contribution in [2.24, 2.45) is 5.73 Å². The van der Waals surface area contributed by atoms with Crippen molar-refractivity contribution in [2.45, 2.75) is 19.4 Å². The Morgan fingerprint density at radius 2 is 2.06 bits per heavy atom. The minimum absolute atomic E-state index is 0.157. The highest BCUT2D eigenvalue weighted by Gasteiger charge is 2.21. The smallest absolute Gasteiger partial charge is 0.182 e. The Kier molecular flexibility index (Phi) is 4.72. The monoisotopic (exact) mass is 243 g/mol. The van der Waals surface area contributed by atoms with Gasteiger partial charge in [0.05, 0.1) is 11.6 Å². The third-order valence-corrected chi connectivity index (χ3v) is 2.51. The van der Waals surface area contributed by atoms with Gasteiger partial charge in [-0.3, -0.25) is 4.79 Å². The number of carbonyl (C=O) groups excluding carboxylic acids is 1. The predicted molar refractivity (Wildman–Crippen MR) is 59.9 cm³/mol. The fourth-order valence-corrected chi connectivity index (χ4v) is 1.41. The van der Waals surface area contributed by atoms with Crippen molar-refractivity contribution in [1.29, 1.82) is 0 Å². The van der Waals surface area contributed by atoms with E-state index in [1.165, 1.54) is 26.2 Å². The van der Waals surface area contributed by atoms with Crippen molar-refractivity contribution in [3.8, 4) is 0 Å². The lowest BCUT2D eigenvalue weighted by molar-refractivity contribution is 0.0930. The van der Waals surface area contributed by atoms with Gasteiger partial charge >= 0.3 is 0 Å². The average Bonchev–Trinajstić information content (AvgIpc) is 2.32. The first-order valence-electron chi connectivity index (χ1n) is 5.22. The van der Waals surface area contributed by atoms with E-state index >= 15 is 0 Å². The van der Waals surface area contributed by atoms with Crippen LogP contribution in [0.3, 0.4) is 0 Å². The summed E-state index contributed by atoms with van der Waals surface area (Å²) in [5.74, 6) is -2.75. The number of carbonyl (C=O) groups is 1. The van der Waals surface area contributed by atoms with Crippen molar-refractivity contribution in [2.75, 3.05) is 13.7 Å². The van der Waals surface area contributed by atoms with E-state index in [1.807, 2.05) is 0 Å². The summed E-state index contributed by atoms with van der Waals surface area (Å²) in [6.07, 6.45) is 0.268. The van der Waals surface area contributed by atoms with Gasteiger partial charge < -0.3 is 10.5 Å². The topological polar surface area (TPSA) is 52.3 Å². The van der Waals surface area contributed by atoms with Crippen LogP contribution in [-0.2, 0) is 4.74 Å². The van der Waals surface area contributed by atoms with Crippen LogP contribution in [0.15, 0.2) is 12.1 Å². The Morgan fingerprint density at radius 1 is 1.41 bits per heavy atom. The van der Waals surface area contributed by atoms with Crippen LogP contribution >= 0.6 is 0 Å². The standard InChI is InChI=1S/C12H15F2NO2/c1-7-3-4-8(11(14)10(7)13)12(16)9(15)5-6-17-2/h3-4,9H,5-6,15H2,1-2H3. The molecule has 3 nitrogen and oxygen atoms in total. The zero-order chi connectivity index (χ0) is 13.0. The van der Waals surface area contributed by atoms with Gasteiger partial charge in [-0.2, -0.15) is 0 Å². The minimum atomic E-state index is -1.14. The molecule has 0 aliphatic rings. The number of methoxy groups -OCH3 is 1. The van der Waals surface area contributed by atoms with Gasteiger partial charge in [0.25, 0.3) is 0 Å². The molecule has 1 atom stereocenters. The number of rotatable bonds is 5. The normalized spacial score (nSPS) is 12.5. The number of hydrogen-bond acceptors (Lipinski definition) is 3. The molecular weight excluding hydrogens is 228 g/mol. The summed E-state index contributed by atoms with van der Waals surface area (Å²) < 4.78 is 31.6. The quantitative estimate of drug-likeness (QED) is 0.802. The number of aryl methyl sites for hydroxylation is 1. The van der Waals surface area contributed by atoms with Crippen LogP contribution < -0.4 is 5.73 Å². The van der Waals surface area contributed by atoms with E-state index in [2.05, 4.69) is 0 Å². The first-order chi connectivity index (χ1) is 7.99. The molecule has 94 valence electrons. The summed E-state index contributed by atoms with van der Waals surface area (Å²) in [6, 6.07) is 1.73. The molecule has 17 heavy (non-hydrogen) atoms. The number of halogens is 2. The molecule has 5 heteroatoms. The van der Waals surface area contributed by atoms with Crippen LogP contribution in [0.1, 0.15) is 22.3 Å². The number of ketones is 1. The summed E-state index contributed by atoms with van der Waals surface area (Å²) in [4.78, 5) is 11.7. The third kappa shape index (κ3) is 3.08. The van der Waals surface area contributed by atoms with E-state index in [1.54, 1.807) is 0 Å². The largest absolute Gasteiger partial charge is 0.385 e. The molecule has 0 saturated carbocycles. The summed E-state index contributed by atoms with van der Waals surface area (Å²) in [7, 11) is 1.48. The number of Topliss-reactive ketones (excluding diaryl/α,β-unsaturated/α-hetero) is 1. The van der Waals surface area contributed by atoms with Crippen LogP contribution in [0, 0.1) is 18.6 Å². The fourth-order valence-electron chi connectivity index (χ4n) is 1.41. The maximum absolute atomic E-state index is 13.5. The summed E-state index contributed by atoms with van der Waals surface area (Å²) in [5.41, 5.74) is 5.42. The zero-order valence-corrected chi connectivity index (χ0v) is 9.80. The van der Waals surface area contributed by atoms with Gasteiger partial charge in [0, 0.05) is 13.7 Å². The first-order valence-corrected chi connectivity index (χ1v) is 5.22. The van der Waals surface area contributed by atoms with Crippen LogP contribution in [0.4, 0.5) is 8.78 Å². The molecule has 1 aromatic carbocycles. The van der Waals surface area contributed by atoms with Crippen LogP contribution in [0.5, 0.6) is 0 Å². The molecule has 0 aliphatic carbocycles. The van der Waals surface area contributed by atoms with Gasteiger partial charge in [0.1, 0.15) is 0 Å². The van der Waals surface area contributed by atoms with Crippen LogP contribution in [-0.4, -0.2) is 25.5 Å². The Balaban J connectivity index is 2.93. The third-order valence-electron chi connectivity index (χ3n) is 2.51. The van der Waals surface area contributed by atoms with E-state index in [4.69, 9.17) is 10.5 Å². The molecular formula is C12H15F2NO2. The van der Waals surface area contributed by atoms with E-state index in [0.29, 0.717) is 6.61 Å². The maximum Gasteiger partial charge on any atom is 0.182 e. The lowest BCUT2D eigenvalue weighted by Crippen LogP contribution is -2.32. The number of hydrogen-bond donors (Lipinski definition) is 1. The highest BCUT2D eigenvalue weighted by Crippen LogP contribution is 2.17. The van der Waals surface area contributed by atoms with Gasteiger partial charge in [0.2, 0.25) is 0 Å². The Labute approximate surface area is 98.6 Å². The second kappa shape index (κ2) is 5.84. The molecule has 0 heterocycles. The average molecular weight is 243 g/mol. The van der Waals surface area contributed by atoms with Crippen LogP contribution in [0.25, 0.3) is 0 Å². The van der Waals surface area contributed by atoms with Crippen molar-refractivity contribution >= 4 is 5.78 Å². The van der Waals surface area contributed by atoms with Crippen molar-refractivity contribution < 1.29 is 18.3 Å². The Morgan fingerprint density at radius 3 is 2.65 bits per heavy atom. The van der Waals surface area contributed by atoms with Gasteiger partial charge in [-0.05, 0) is 25.0 Å². The fraction of sp³-hybridized carbons (Fsp3) is 0.417. The number of benzene rings is 1. The van der Waals surface area contributed by atoms with Crippen LogP contribution in [0.2, 0.25) is 0 Å². The Hall–Kier alpha value is -1.33. The van der Waals surface area contributed by atoms with Crippen molar-refractivity contribution in [3.05, 3.63) is 34.9 Å². The molecule has 0 saturated heterocycles. The van der Waals surface area contributed by atoms with E-state index in [0.717, 1.165) is 0 Å². The van der Waals surface area contributed by atoms with Gasteiger partial charge in [0.15, 0.2) is 17.4 Å². The van der Waals surface area contributed by atoms with E-state index in [-0.39, 0.29) is 17.5 Å². The van der Waals surface area contributed by atoms with Crippen molar-refractivity contribution in [1.82, 2.24) is 0 Å². The molecule has 0 radical (unpaired) electrons. The maximum atomic E-state index is 13.5. The molecule has 2 N–H and O–H groups in total. The number of nitrogens with two attached hydrogens (primary N) is 1. The lowest BCUT2D eigenvalue weighted by atomic mass is 10.0. The summed E-state index contributed by atoms with van der Waals surface area (Å²) in [5, 5.41) is 0. The highest BCUT2D eigenvalue weighted by atomic mass is 19.2. The van der Waals surface area contributed by atoms with E-state index < -0.39 is 23.5 Å². The first kappa shape index (κ1) is 13.7. The second-order valence-corrected chi connectivity index (χ2v) is 3.81. The minimum Gasteiger partial charge on any atom is -0.385 e. The second-order valence-electron chi connectivity index (χ2n) is 3.81. The van der Waals surface area contributed by atoms with Gasteiger partial charge in [-0.15, -0.1) is 0 Å². The van der Waals surface area contributed by atoms with E-state index in [9.17, 15) is 13.6 Å². The molecule has 1 aromatic rings. The SMILES string of the molecule is COCCC(N)C(=O)c1ccc(C)c(F)c1F. The van der Waals surface area contributed by atoms with Crippen molar-refractivity contribution in [3.63, 3.8) is 0 Å². The molecule has 1 unspecified atom stereocenters. The Bertz CT molecular complexity index is 421. The zero-order valence-electron chi connectivity index (χ0n) is 9.80.